The third-order valence-corrected chi connectivity index (χ3v) is 7.31. The molecular formula is C25H27FN6O. The molecule has 1 aliphatic heterocycles. The van der Waals surface area contributed by atoms with Crippen molar-refractivity contribution < 1.29 is 9.13 Å². The fourth-order valence-electron chi connectivity index (χ4n) is 5.22. The smallest absolute Gasteiger partial charge is 0.324 e. The Balaban J connectivity index is 1.45. The lowest BCUT2D eigenvalue weighted by atomic mass is 10.0. The molecule has 1 atom stereocenters. The second-order valence-corrected chi connectivity index (χ2v) is 9.35. The van der Waals surface area contributed by atoms with Crippen LogP contribution in [0.2, 0.25) is 0 Å². The molecule has 0 amide bonds. The first-order chi connectivity index (χ1) is 16.0. The first-order valence-electron chi connectivity index (χ1n) is 11.5. The van der Waals surface area contributed by atoms with Gasteiger partial charge in [-0.3, -0.25) is 4.98 Å². The fraction of sp³-hybridized carbons (Fsp3) is 0.400. The minimum atomic E-state index is -0.281. The van der Waals surface area contributed by atoms with Crippen LogP contribution < -0.4 is 20.7 Å². The summed E-state index contributed by atoms with van der Waals surface area (Å²) in [4.78, 5) is 16.2. The minimum Gasteiger partial charge on any atom is -0.423 e. The van der Waals surface area contributed by atoms with Crippen LogP contribution in [0.5, 0.6) is 11.8 Å². The van der Waals surface area contributed by atoms with Crippen molar-refractivity contribution >= 4 is 11.5 Å². The maximum Gasteiger partial charge on any atom is 0.324 e. The minimum absolute atomic E-state index is 0.111. The second-order valence-electron chi connectivity index (χ2n) is 9.35. The van der Waals surface area contributed by atoms with E-state index in [2.05, 4.69) is 22.1 Å². The third kappa shape index (κ3) is 3.31. The monoisotopic (exact) mass is 446 g/mol. The van der Waals surface area contributed by atoms with Gasteiger partial charge >= 0.3 is 6.01 Å². The Labute approximate surface area is 192 Å². The topological polar surface area (TPSA) is 89.2 Å². The Bertz CT molecular complexity index is 1240. The standard InChI is InChI=1S/C25H27FN6O/c1-3-15-4-5-16(11-29-15)33-24-30-20-10-17-18(8-14(26)9-19(17)28-2)22(20)23(31-24)32-12-21(27)25(13-32)6-7-25/h4-5,8-9,11,21,28H,3,6-7,10,12-13,27H2,1-2H3/t21-/m0/s1. The first kappa shape index (κ1) is 20.4. The summed E-state index contributed by atoms with van der Waals surface area (Å²) >= 11 is 0. The van der Waals surface area contributed by atoms with Crippen molar-refractivity contribution in [3.63, 3.8) is 0 Å². The van der Waals surface area contributed by atoms with E-state index in [0.717, 1.165) is 71.9 Å². The lowest BCUT2D eigenvalue weighted by Crippen LogP contribution is -2.30. The number of nitrogens with two attached hydrogens (primary N) is 1. The molecule has 6 rings (SSSR count). The predicted molar refractivity (Wildman–Crippen MR) is 125 cm³/mol. The van der Waals surface area contributed by atoms with Gasteiger partial charge in [-0.15, -0.1) is 0 Å². The Hall–Kier alpha value is -3.26. The van der Waals surface area contributed by atoms with E-state index < -0.39 is 0 Å². The molecule has 3 aliphatic rings. The Kier molecular flexibility index (Phi) is 4.55. The van der Waals surface area contributed by atoms with Crippen molar-refractivity contribution in [1.82, 2.24) is 15.0 Å². The van der Waals surface area contributed by atoms with Crippen LogP contribution in [0.25, 0.3) is 11.1 Å². The summed E-state index contributed by atoms with van der Waals surface area (Å²) in [6.45, 7) is 3.64. The molecule has 0 bridgehead atoms. The summed E-state index contributed by atoms with van der Waals surface area (Å²) in [5, 5.41) is 3.13. The lowest BCUT2D eigenvalue weighted by Gasteiger charge is -2.21. The molecule has 7 nitrogen and oxygen atoms in total. The van der Waals surface area contributed by atoms with Gasteiger partial charge in [-0.1, -0.05) is 6.92 Å². The largest absolute Gasteiger partial charge is 0.423 e. The molecule has 2 aromatic heterocycles. The molecule has 1 aromatic carbocycles. The van der Waals surface area contributed by atoms with E-state index in [1.807, 2.05) is 19.2 Å². The molecule has 3 heterocycles. The number of aromatic nitrogens is 3. The van der Waals surface area contributed by atoms with E-state index in [1.54, 1.807) is 12.3 Å². The summed E-state index contributed by atoms with van der Waals surface area (Å²) < 4.78 is 20.5. The van der Waals surface area contributed by atoms with Crippen LogP contribution in [0.1, 0.15) is 36.7 Å². The van der Waals surface area contributed by atoms with Gasteiger partial charge in [0.25, 0.3) is 0 Å². The van der Waals surface area contributed by atoms with Crippen molar-refractivity contribution in [3.8, 4) is 22.9 Å². The average Bonchev–Trinajstić information content (AvgIpc) is 3.40. The number of fused-ring (bicyclic) bond motifs is 3. The van der Waals surface area contributed by atoms with Gasteiger partial charge in [0.2, 0.25) is 0 Å². The highest BCUT2D eigenvalue weighted by Crippen LogP contribution is 2.54. The Morgan fingerprint density at radius 3 is 2.79 bits per heavy atom. The van der Waals surface area contributed by atoms with Crippen molar-refractivity contribution in [2.24, 2.45) is 11.1 Å². The summed E-state index contributed by atoms with van der Waals surface area (Å²) in [6.07, 6.45) is 5.44. The number of anilines is 2. The molecule has 8 heteroatoms. The lowest BCUT2D eigenvalue weighted by molar-refractivity contribution is 0.438. The number of rotatable bonds is 5. The zero-order chi connectivity index (χ0) is 22.7. The van der Waals surface area contributed by atoms with Crippen molar-refractivity contribution in [3.05, 3.63) is 53.2 Å². The van der Waals surface area contributed by atoms with Crippen LogP contribution in [-0.4, -0.2) is 41.1 Å². The molecule has 3 N–H and O–H groups in total. The van der Waals surface area contributed by atoms with E-state index >= 15 is 0 Å². The summed E-state index contributed by atoms with van der Waals surface area (Å²) in [6, 6.07) is 7.33. The van der Waals surface area contributed by atoms with E-state index in [1.165, 1.54) is 6.07 Å². The molecule has 170 valence electrons. The van der Waals surface area contributed by atoms with Crippen LogP contribution in [0, 0.1) is 11.2 Å². The molecule has 2 aliphatic carbocycles. The van der Waals surface area contributed by atoms with Gasteiger partial charge in [0.1, 0.15) is 17.4 Å². The summed E-state index contributed by atoms with van der Waals surface area (Å²) in [5.74, 6) is 1.09. The van der Waals surface area contributed by atoms with E-state index in [-0.39, 0.29) is 23.3 Å². The number of hydrogen-bond acceptors (Lipinski definition) is 7. The molecule has 3 aromatic rings. The number of halogens is 1. The second kappa shape index (κ2) is 7.38. The van der Waals surface area contributed by atoms with E-state index in [4.69, 9.17) is 20.4 Å². The third-order valence-electron chi connectivity index (χ3n) is 7.31. The highest BCUT2D eigenvalue weighted by Gasteiger charge is 2.54. The van der Waals surface area contributed by atoms with Crippen LogP contribution in [0.4, 0.5) is 15.9 Å². The Morgan fingerprint density at radius 1 is 1.27 bits per heavy atom. The zero-order valence-electron chi connectivity index (χ0n) is 18.9. The van der Waals surface area contributed by atoms with Crippen LogP contribution in [0.3, 0.4) is 0 Å². The molecule has 1 spiro atoms. The van der Waals surface area contributed by atoms with E-state index in [0.29, 0.717) is 12.2 Å². The highest BCUT2D eigenvalue weighted by molar-refractivity contribution is 5.88. The average molecular weight is 447 g/mol. The van der Waals surface area contributed by atoms with E-state index in [9.17, 15) is 4.39 Å². The molecule has 0 radical (unpaired) electrons. The van der Waals surface area contributed by atoms with Gasteiger partial charge in [-0.25, -0.2) is 4.39 Å². The number of nitrogens with zero attached hydrogens (tertiary/aromatic N) is 4. The number of hydrogen-bond donors (Lipinski definition) is 2. The van der Waals surface area contributed by atoms with Crippen molar-refractivity contribution in [1.29, 1.82) is 0 Å². The van der Waals surface area contributed by atoms with Gasteiger partial charge in [0, 0.05) is 55.0 Å². The van der Waals surface area contributed by atoms with Crippen molar-refractivity contribution in [2.75, 3.05) is 30.4 Å². The highest BCUT2D eigenvalue weighted by atomic mass is 19.1. The van der Waals surface area contributed by atoms with Crippen LogP contribution in [0.15, 0.2) is 30.5 Å². The molecular weight excluding hydrogens is 419 g/mol. The maximum atomic E-state index is 14.5. The number of ether oxygens (including phenoxy) is 1. The number of aryl methyl sites for hydroxylation is 1. The van der Waals surface area contributed by atoms with Gasteiger partial charge < -0.3 is 20.7 Å². The van der Waals surface area contributed by atoms with Gasteiger partial charge in [0.05, 0.1) is 11.9 Å². The van der Waals surface area contributed by atoms with Gasteiger partial charge in [0.15, 0.2) is 0 Å². The molecule has 0 unspecified atom stereocenters. The summed E-state index contributed by atoms with van der Waals surface area (Å²) in [5.41, 5.74) is 12.1. The van der Waals surface area contributed by atoms with Gasteiger partial charge in [-0.05, 0) is 54.7 Å². The van der Waals surface area contributed by atoms with Gasteiger partial charge in [-0.2, -0.15) is 9.97 Å². The fourth-order valence-corrected chi connectivity index (χ4v) is 5.22. The number of pyridine rings is 1. The number of nitrogens with one attached hydrogen (secondary N) is 1. The normalized spacial score (nSPS) is 19.5. The molecule has 1 saturated heterocycles. The maximum absolute atomic E-state index is 14.5. The predicted octanol–water partition coefficient (Wildman–Crippen LogP) is 3.91. The number of benzene rings is 1. The molecule has 2 fully saturated rings. The molecule has 1 saturated carbocycles. The van der Waals surface area contributed by atoms with Crippen LogP contribution in [-0.2, 0) is 12.8 Å². The Morgan fingerprint density at radius 2 is 2.12 bits per heavy atom. The first-order valence-corrected chi connectivity index (χ1v) is 11.5. The SMILES string of the molecule is CCc1ccc(Oc2nc3c(c(N4C[C@H](N)C5(CC5)C4)n2)-c2cc(F)cc(NC)c2C3)cn1. The van der Waals surface area contributed by atoms with Crippen LogP contribution >= 0.6 is 0 Å². The molecule has 33 heavy (non-hydrogen) atoms. The zero-order valence-corrected chi connectivity index (χ0v) is 18.9. The summed E-state index contributed by atoms with van der Waals surface area (Å²) in [7, 11) is 1.81. The quantitative estimate of drug-likeness (QED) is 0.480. The van der Waals surface area contributed by atoms with Crippen molar-refractivity contribution in [2.45, 2.75) is 38.6 Å².